The van der Waals surface area contributed by atoms with Crippen molar-refractivity contribution < 1.29 is 4.74 Å². The maximum absolute atomic E-state index is 5.69. The van der Waals surface area contributed by atoms with Crippen molar-refractivity contribution in [1.82, 2.24) is 0 Å². The molecule has 0 atom stereocenters. The monoisotopic (exact) mass is 257 g/mol. The molecule has 0 aromatic heterocycles. The summed E-state index contributed by atoms with van der Waals surface area (Å²) in [6, 6.07) is 17.9. The van der Waals surface area contributed by atoms with Gasteiger partial charge < -0.3 is 10.5 Å². The van der Waals surface area contributed by atoms with Gasteiger partial charge in [0.1, 0.15) is 12.4 Å². The van der Waals surface area contributed by atoms with E-state index >= 15 is 0 Å². The zero-order valence-corrected chi connectivity index (χ0v) is 10.8. The van der Waals surface area contributed by atoms with Crippen LogP contribution in [-0.4, -0.2) is 4.99 Å². The first-order valence-corrected chi connectivity index (χ1v) is 6.19. The third-order valence-electron chi connectivity index (χ3n) is 2.55. The van der Waals surface area contributed by atoms with Gasteiger partial charge in [-0.05, 0) is 23.3 Å². The third kappa shape index (κ3) is 3.86. The van der Waals surface area contributed by atoms with Crippen molar-refractivity contribution in [2.45, 2.75) is 13.0 Å². The topological polar surface area (TPSA) is 35.2 Å². The summed E-state index contributed by atoms with van der Waals surface area (Å²) in [4.78, 5) is 0.507. The summed E-state index contributed by atoms with van der Waals surface area (Å²) in [6.45, 7) is 0.579. The van der Waals surface area contributed by atoms with Gasteiger partial charge in [-0.15, -0.1) is 0 Å². The smallest absolute Gasteiger partial charge is 0.119 e. The second kappa shape index (κ2) is 6.17. The van der Waals surface area contributed by atoms with Gasteiger partial charge >= 0.3 is 0 Å². The third-order valence-corrected chi connectivity index (χ3v) is 2.69. The lowest BCUT2D eigenvalue weighted by Crippen LogP contribution is -2.10. The molecule has 0 radical (unpaired) electrons. The Morgan fingerprint density at radius 3 is 2.22 bits per heavy atom. The minimum absolute atomic E-state index is 0.507. The fourth-order valence-corrected chi connectivity index (χ4v) is 1.81. The van der Waals surface area contributed by atoms with Crippen LogP contribution in [0.4, 0.5) is 0 Å². The Bertz CT molecular complexity index is 508. The molecular weight excluding hydrogens is 242 g/mol. The lowest BCUT2D eigenvalue weighted by atomic mass is 10.1. The summed E-state index contributed by atoms with van der Waals surface area (Å²) >= 11 is 4.87. The fraction of sp³-hybridized carbons (Fsp3) is 0.133. The fourth-order valence-electron chi connectivity index (χ4n) is 1.65. The average molecular weight is 257 g/mol. The Kier molecular flexibility index (Phi) is 4.31. The van der Waals surface area contributed by atoms with E-state index in [0.717, 1.165) is 16.9 Å². The molecule has 0 bridgehead atoms. The number of thiocarbonyl (C=S) groups is 1. The molecular formula is C15H15NOS. The van der Waals surface area contributed by atoms with Gasteiger partial charge in [0.25, 0.3) is 0 Å². The highest BCUT2D eigenvalue weighted by atomic mass is 32.1. The SMILES string of the molecule is NC(=S)Cc1ccc(OCc2ccccc2)cc1. The molecule has 0 unspecified atom stereocenters. The lowest BCUT2D eigenvalue weighted by Gasteiger charge is -2.07. The summed E-state index contributed by atoms with van der Waals surface area (Å²) < 4.78 is 5.69. The summed E-state index contributed by atoms with van der Waals surface area (Å²) in [5.74, 6) is 0.852. The highest BCUT2D eigenvalue weighted by Gasteiger charge is 1.98. The van der Waals surface area contributed by atoms with Crippen LogP contribution >= 0.6 is 12.2 Å². The van der Waals surface area contributed by atoms with Crippen LogP contribution in [0.5, 0.6) is 5.75 Å². The molecule has 2 N–H and O–H groups in total. The number of nitrogens with two attached hydrogens (primary N) is 1. The van der Waals surface area contributed by atoms with E-state index in [9.17, 15) is 0 Å². The van der Waals surface area contributed by atoms with Crippen LogP contribution < -0.4 is 10.5 Å². The molecule has 0 aliphatic carbocycles. The molecule has 3 heteroatoms. The Morgan fingerprint density at radius 2 is 1.61 bits per heavy atom. The van der Waals surface area contributed by atoms with E-state index in [4.69, 9.17) is 22.7 Å². The second-order valence-corrected chi connectivity index (χ2v) is 4.59. The molecule has 2 aromatic carbocycles. The van der Waals surface area contributed by atoms with Gasteiger partial charge in [0.05, 0.1) is 4.99 Å². The van der Waals surface area contributed by atoms with Crippen LogP contribution in [0.3, 0.4) is 0 Å². The zero-order chi connectivity index (χ0) is 12.8. The summed E-state index contributed by atoms with van der Waals surface area (Å²) in [5, 5.41) is 0. The van der Waals surface area contributed by atoms with Crippen molar-refractivity contribution in [2.75, 3.05) is 0 Å². The van der Waals surface area contributed by atoms with Crippen molar-refractivity contribution in [2.24, 2.45) is 5.73 Å². The van der Waals surface area contributed by atoms with Gasteiger partial charge in [-0.2, -0.15) is 0 Å². The van der Waals surface area contributed by atoms with Gasteiger partial charge in [0, 0.05) is 6.42 Å². The summed E-state index contributed by atoms with van der Waals surface area (Å²) in [7, 11) is 0. The van der Waals surface area contributed by atoms with E-state index in [-0.39, 0.29) is 0 Å². The van der Waals surface area contributed by atoms with Crippen molar-refractivity contribution in [3.63, 3.8) is 0 Å². The zero-order valence-electron chi connectivity index (χ0n) is 10.0. The highest BCUT2D eigenvalue weighted by molar-refractivity contribution is 7.80. The lowest BCUT2D eigenvalue weighted by molar-refractivity contribution is 0.306. The molecule has 0 amide bonds. The predicted octanol–water partition coefficient (Wildman–Crippen LogP) is 3.09. The number of hydrogen-bond donors (Lipinski definition) is 1. The number of benzene rings is 2. The summed E-state index contributed by atoms with van der Waals surface area (Å²) in [5.41, 5.74) is 7.76. The van der Waals surface area contributed by atoms with Gasteiger partial charge in [-0.3, -0.25) is 0 Å². The minimum atomic E-state index is 0.507. The standard InChI is InChI=1S/C15H15NOS/c16-15(18)10-12-6-8-14(9-7-12)17-11-13-4-2-1-3-5-13/h1-9H,10-11H2,(H2,16,18). The maximum Gasteiger partial charge on any atom is 0.119 e. The van der Waals surface area contributed by atoms with E-state index in [1.807, 2.05) is 54.6 Å². The van der Waals surface area contributed by atoms with Crippen molar-refractivity contribution in [3.05, 3.63) is 65.7 Å². The molecule has 0 heterocycles. The van der Waals surface area contributed by atoms with Gasteiger partial charge in [-0.1, -0.05) is 54.7 Å². The molecule has 0 saturated carbocycles. The van der Waals surface area contributed by atoms with E-state index in [2.05, 4.69) is 0 Å². The molecule has 0 saturated heterocycles. The van der Waals surface area contributed by atoms with E-state index < -0.39 is 0 Å². The number of ether oxygens (including phenoxy) is 1. The first kappa shape index (κ1) is 12.6. The Hall–Kier alpha value is -1.87. The van der Waals surface area contributed by atoms with E-state index in [0.29, 0.717) is 18.0 Å². The van der Waals surface area contributed by atoms with Crippen molar-refractivity contribution in [1.29, 1.82) is 0 Å². The first-order chi connectivity index (χ1) is 8.74. The Morgan fingerprint density at radius 1 is 0.944 bits per heavy atom. The van der Waals surface area contributed by atoms with Gasteiger partial charge in [-0.25, -0.2) is 0 Å². The van der Waals surface area contributed by atoms with Crippen LogP contribution in [0.2, 0.25) is 0 Å². The van der Waals surface area contributed by atoms with Crippen molar-refractivity contribution >= 4 is 17.2 Å². The quantitative estimate of drug-likeness (QED) is 0.836. The van der Waals surface area contributed by atoms with Crippen LogP contribution in [0, 0.1) is 0 Å². The largest absolute Gasteiger partial charge is 0.489 e. The van der Waals surface area contributed by atoms with Crippen LogP contribution in [0.1, 0.15) is 11.1 Å². The molecule has 0 fully saturated rings. The highest BCUT2D eigenvalue weighted by Crippen LogP contribution is 2.14. The average Bonchev–Trinajstić information content (AvgIpc) is 2.38. The molecule has 0 aliphatic rings. The first-order valence-electron chi connectivity index (χ1n) is 5.78. The summed E-state index contributed by atoms with van der Waals surface area (Å²) in [6.07, 6.45) is 0.633. The normalized spacial score (nSPS) is 10.0. The second-order valence-electron chi connectivity index (χ2n) is 4.06. The molecule has 2 nitrogen and oxygen atoms in total. The Balaban J connectivity index is 1.92. The van der Waals surface area contributed by atoms with Crippen LogP contribution in [-0.2, 0) is 13.0 Å². The molecule has 0 spiro atoms. The Labute approximate surface area is 112 Å². The van der Waals surface area contributed by atoms with Crippen LogP contribution in [0.25, 0.3) is 0 Å². The number of rotatable bonds is 5. The molecule has 0 aliphatic heterocycles. The number of hydrogen-bond acceptors (Lipinski definition) is 2. The van der Waals surface area contributed by atoms with Crippen molar-refractivity contribution in [3.8, 4) is 5.75 Å². The molecule has 2 rings (SSSR count). The maximum atomic E-state index is 5.69. The molecule has 2 aromatic rings. The van der Waals surface area contributed by atoms with Crippen LogP contribution in [0.15, 0.2) is 54.6 Å². The molecule has 18 heavy (non-hydrogen) atoms. The van der Waals surface area contributed by atoms with E-state index in [1.54, 1.807) is 0 Å². The van der Waals surface area contributed by atoms with E-state index in [1.165, 1.54) is 0 Å². The van der Waals surface area contributed by atoms with Gasteiger partial charge in [0.15, 0.2) is 0 Å². The predicted molar refractivity (Wildman–Crippen MR) is 77.7 cm³/mol. The minimum Gasteiger partial charge on any atom is -0.489 e. The molecule has 92 valence electrons. The van der Waals surface area contributed by atoms with Gasteiger partial charge in [0.2, 0.25) is 0 Å².